The van der Waals surface area contributed by atoms with E-state index in [2.05, 4.69) is 20.7 Å². The van der Waals surface area contributed by atoms with Gasteiger partial charge in [-0.05, 0) is 24.6 Å². The maximum atomic E-state index is 12.3. The van der Waals surface area contributed by atoms with E-state index >= 15 is 0 Å². The first-order valence-electron chi connectivity index (χ1n) is 5.90. The van der Waals surface area contributed by atoms with Crippen LogP contribution in [0.5, 0.6) is 0 Å². The molecule has 1 aromatic carbocycles. The molecule has 0 saturated heterocycles. The summed E-state index contributed by atoms with van der Waals surface area (Å²) < 4.78 is 27.8. The summed E-state index contributed by atoms with van der Waals surface area (Å²) in [7, 11) is -3.75. The van der Waals surface area contributed by atoms with Crippen LogP contribution in [0.3, 0.4) is 0 Å². The standard InChI is InChI=1S/C13H12BrNO4S2/c1-8(10-4-2-3-5-11(10)14)15-21(18,19)12-6-9(7-20-12)13(16)17/h2-8,15H,1H3,(H,16,17). The summed E-state index contributed by atoms with van der Waals surface area (Å²) in [5, 5.41) is 10.2. The van der Waals surface area contributed by atoms with Gasteiger partial charge < -0.3 is 5.11 Å². The monoisotopic (exact) mass is 389 g/mol. The van der Waals surface area contributed by atoms with Gasteiger partial charge in [-0.3, -0.25) is 0 Å². The molecule has 2 rings (SSSR count). The number of carboxylic acids is 1. The lowest BCUT2D eigenvalue weighted by atomic mass is 10.1. The summed E-state index contributed by atoms with van der Waals surface area (Å²) in [6.07, 6.45) is 0. The minimum absolute atomic E-state index is 0.0150. The minimum atomic E-state index is -3.75. The van der Waals surface area contributed by atoms with Crippen molar-refractivity contribution < 1.29 is 18.3 Å². The number of thiophene rings is 1. The molecule has 0 aliphatic carbocycles. The van der Waals surface area contributed by atoms with E-state index in [-0.39, 0.29) is 9.77 Å². The van der Waals surface area contributed by atoms with E-state index in [1.54, 1.807) is 6.92 Å². The van der Waals surface area contributed by atoms with Crippen LogP contribution in [0.2, 0.25) is 0 Å². The number of rotatable bonds is 5. The van der Waals surface area contributed by atoms with Crippen molar-refractivity contribution >= 4 is 43.3 Å². The number of hydrogen-bond acceptors (Lipinski definition) is 4. The highest BCUT2D eigenvalue weighted by molar-refractivity contribution is 9.10. The molecule has 2 aromatic rings. The highest BCUT2D eigenvalue weighted by atomic mass is 79.9. The van der Waals surface area contributed by atoms with Crippen molar-refractivity contribution in [3.05, 3.63) is 51.3 Å². The quantitative estimate of drug-likeness (QED) is 0.821. The van der Waals surface area contributed by atoms with Gasteiger partial charge in [-0.2, -0.15) is 0 Å². The van der Waals surface area contributed by atoms with Crippen LogP contribution < -0.4 is 4.72 Å². The van der Waals surface area contributed by atoms with E-state index < -0.39 is 22.0 Å². The molecule has 0 aliphatic rings. The maximum Gasteiger partial charge on any atom is 0.336 e. The van der Waals surface area contributed by atoms with Gasteiger partial charge in [-0.1, -0.05) is 34.1 Å². The third kappa shape index (κ3) is 3.70. The molecule has 1 aromatic heterocycles. The van der Waals surface area contributed by atoms with Crippen LogP contribution in [0.25, 0.3) is 0 Å². The summed E-state index contributed by atoms with van der Waals surface area (Å²) in [4.78, 5) is 10.8. The van der Waals surface area contributed by atoms with Gasteiger partial charge in [-0.25, -0.2) is 17.9 Å². The van der Waals surface area contributed by atoms with Gasteiger partial charge >= 0.3 is 5.97 Å². The van der Waals surface area contributed by atoms with Crippen LogP contribution in [-0.2, 0) is 10.0 Å². The lowest BCUT2D eigenvalue weighted by molar-refractivity contribution is 0.0697. The Hall–Kier alpha value is -1.22. The molecule has 0 amide bonds. The Balaban J connectivity index is 2.24. The first-order valence-corrected chi connectivity index (χ1v) is 9.05. The third-order valence-electron chi connectivity index (χ3n) is 2.79. The molecule has 1 heterocycles. The van der Waals surface area contributed by atoms with Crippen molar-refractivity contribution in [2.24, 2.45) is 0 Å². The van der Waals surface area contributed by atoms with Crippen molar-refractivity contribution in [3.63, 3.8) is 0 Å². The summed E-state index contributed by atoms with van der Waals surface area (Å²) in [6.45, 7) is 1.73. The zero-order chi connectivity index (χ0) is 15.6. The molecular weight excluding hydrogens is 378 g/mol. The molecule has 0 fully saturated rings. The van der Waals surface area contributed by atoms with Crippen molar-refractivity contribution in [2.75, 3.05) is 0 Å². The Morgan fingerprint density at radius 2 is 2.05 bits per heavy atom. The first kappa shape index (κ1) is 16.2. The predicted octanol–water partition coefficient (Wildman–Crippen LogP) is 3.25. The van der Waals surface area contributed by atoms with Crippen LogP contribution in [0, 0.1) is 0 Å². The molecule has 1 atom stereocenters. The fourth-order valence-electron chi connectivity index (χ4n) is 1.75. The zero-order valence-corrected chi connectivity index (χ0v) is 14.1. The average Bonchev–Trinajstić information content (AvgIpc) is 2.89. The number of aromatic carboxylic acids is 1. The van der Waals surface area contributed by atoms with E-state index in [1.807, 2.05) is 24.3 Å². The molecule has 0 bridgehead atoms. The average molecular weight is 390 g/mol. The van der Waals surface area contributed by atoms with Gasteiger partial charge in [0.1, 0.15) is 4.21 Å². The molecule has 0 aliphatic heterocycles. The Morgan fingerprint density at radius 3 is 2.62 bits per heavy atom. The number of sulfonamides is 1. The lowest BCUT2D eigenvalue weighted by Crippen LogP contribution is -2.26. The van der Waals surface area contributed by atoms with Crippen LogP contribution in [0.1, 0.15) is 28.9 Å². The molecular formula is C13H12BrNO4S2. The number of halogens is 1. The third-order valence-corrected chi connectivity index (χ3v) is 6.49. The molecule has 0 spiro atoms. The van der Waals surface area contributed by atoms with Crippen molar-refractivity contribution in [2.45, 2.75) is 17.2 Å². The molecule has 1 unspecified atom stereocenters. The topological polar surface area (TPSA) is 83.5 Å². The minimum Gasteiger partial charge on any atom is -0.478 e. The molecule has 0 saturated carbocycles. The molecule has 0 radical (unpaired) electrons. The molecule has 112 valence electrons. The number of hydrogen-bond donors (Lipinski definition) is 2. The largest absolute Gasteiger partial charge is 0.478 e. The van der Waals surface area contributed by atoms with Gasteiger partial charge in [0.2, 0.25) is 0 Å². The van der Waals surface area contributed by atoms with Crippen LogP contribution >= 0.6 is 27.3 Å². The Bertz CT molecular complexity index is 770. The molecule has 2 N–H and O–H groups in total. The second-order valence-corrected chi connectivity index (χ2v) is 8.03. The van der Waals surface area contributed by atoms with E-state index in [9.17, 15) is 13.2 Å². The van der Waals surface area contributed by atoms with Gasteiger partial charge in [0, 0.05) is 15.9 Å². The van der Waals surface area contributed by atoms with E-state index in [0.717, 1.165) is 27.4 Å². The second kappa shape index (κ2) is 6.27. The van der Waals surface area contributed by atoms with Gasteiger partial charge in [-0.15, -0.1) is 11.3 Å². The number of benzene rings is 1. The molecule has 21 heavy (non-hydrogen) atoms. The van der Waals surface area contributed by atoms with Gasteiger partial charge in [0.25, 0.3) is 10.0 Å². The second-order valence-electron chi connectivity index (χ2n) is 4.32. The van der Waals surface area contributed by atoms with Crippen LogP contribution in [-0.4, -0.2) is 19.5 Å². The van der Waals surface area contributed by atoms with Crippen molar-refractivity contribution in [1.29, 1.82) is 0 Å². The Morgan fingerprint density at radius 1 is 1.38 bits per heavy atom. The normalized spacial score (nSPS) is 13.0. The fraction of sp³-hybridized carbons (Fsp3) is 0.154. The van der Waals surface area contributed by atoms with Crippen molar-refractivity contribution in [1.82, 2.24) is 4.72 Å². The smallest absolute Gasteiger partial charge is 0.336 e. The van der Waals surface area contributed by atoms with Crippen LogP contribution in [0.15, 0.2) is 44.4 Å². The van der Waals surface area contributed by atoms with E-state index in [1.165, 1.54) is 5.38 Å². The summed E-state index contributed by atoms with van der Waals surface area (Å²) in [5.74, 6) is -1.15. The Kier molecular flexibility index (Phi) is 4.82. The number of carbonyl (C=O) groups is 1. The van der Waals surface area contributed by atoms with E-state index in [0.29, 0.717) is 0 Å². The summed E-state index contributed by atoms with van der Waals surface area (Å²) >= 11 is 4.26. The van der Waals surface area contributed by atoms with Gasteiger partial charge in [0.05, 0.1) is 5.56 Å². The number of carboxylic acid groups (broad SMARTS) is 1. The fourth-order valence-corrected chi connectivity index (χ4v) is 4.77. The lowest BCUT2D eigenvalue weighted by Gasteiger charge is -2.15. The summed E-state index contributed by atoms with van der Waals surface area (Å²) in [5.41, 5.74) is 0.769. The van der Waals surface area contributed by atoms with Crippen LogP contribution in [0.4, 0.5) is 0 Å². The van der Waals surface area contributed by atoms with Crippen molar-refractivity contribution in [3.8, 4) is 0 Å². The first-order chi connectivity index (χ1) is 9.81. The molecule has 5 nitrogen and oxygen atoms in total. The predicted molar refractivity (Wildman–Crippen MR) is 84.2 cm³/mol. The van der Waals surface area contributed by atoms with Gasteiger partial charge in [0.15, 0.2) is 0 Å². The summed E-state index contributed by atoms with van der Waals surface area (Å²) in [6, 6.07) is 8.01. The maximum absolute atomic E-state index is 12.3. The van der Waals surface area contributed by atoms with E-state index in [4.69, 9.17) is 5.11 Å². The highest BCUT2D eigenvalue weighted by Gasteiger charge is 2.22. The number of nitrogens with one attached hydrogen (secondary N) is 1. The highest BCUT2D eigenvalue weighted by Crippen LogP contribution is 2.26. The molecule has 8 heteroatoms. The zero-order valence-electron chi connectivity index (χ0n) is 10.9. The SMILES string of the molecule is CC(NS(=O)(=O)c1cc(C(=O)O)cs1)c1ccccc1Br. The Labute approximate surface area is 134 Å².